The van der Waals surface area contributed by atoms with E-state index in [1.54, 1.807) is 24.3 Å². The van der Waals surface area contributed by atoms with Gasteiger partial charge in [0.25, 0.3) is 11.8 Å². The molecule has 2 aromatic carbocycles. The van der Waals surface area contributed by atoms with Crippen LogP contribution in [-0.2, 0) is 4.79 Å². The van der Waals surface area contributed by atoms with Crippen molar-refractivity contribution in [2.24, 2.45) is 11.8 Å². The van der Waals surface area contributed by atoms with Crippen LogP contribution in [0.2, 0.25) is 0 Å². The minimum Gasteiger partial charge on any atom is -0.321 e. The summed E-state index contributed by atoms with van der Waals surface area (Å²) < 4.78 is 27.8. The van der Waals surface area contributed by atoms with Gasteiger partial charge in [0.1, 0.15) is 17.3 Å². The predicted molar refractivity (Wildman–Crippen MR) is 102 cm³/mol. The van der Waals surface area contributed by atoms with Gasteiger partial charge in [-0.25, -0.2) is 8.78 Å². The minimum atomic E-state index is -0.842. The first-order valence-electron chi connectivity index (χ1n) is 9.67. The molecule has 1 saturated carbocycles. The van der Waals surface area contributed by atoms with Crippen molar-refractivity contribution < 1.29 is 23.2 Å². The van der Waals surface area contributed by atoms with E-state index in [-0.39, 0.29) is 24.3 Å². The van der Waals surface area contributed by atoms with Crippen LogP contribution < -0.4 is 5.32 Å². The molecule has 2 aromatic rings. The van der Waals surface area contributed by atoms with Crippen LogP contribution in [0.15, 0.2) is 42.5 Å². The molecule has 1 N–H and O–H groups in total. The van der Waals surface area contributed by atoms with Crippen LogP contribution in [0.1, 0.15) is 46.4 Å². The van der Waals surface area contributed by atoms with Gasteiger partial charge >= 0.3 is 0 Å². The van der Waals surface area contributed by atoms with E-state index >= 15 is 0 Å². The number of fused-ring (bicyclic) bond motifs is 1. The van der Waals surface area contributed by atoms with Crippen LogP contribution in [0.4, 0.5) is 14.5 Å². The highest BCUT2D eigenvalue weighted by atomic mass is 19.1. The first-order chi connectivity index (χ1) is 14.0. The molecule has 3 amide bonds. The maximum absolute atomic E-state index is 13.9. The number of amides is 3. The maximum Gasteiger partial charge on any atom is 0.261 e. The average Bonchev–Trinajstić information content (AvgIpc) is 2.96. The van der Waals surface area contributed by atoms with Crippen LogP contribution in [0.3, 0.4) is 0 Å². The number of rotatable bonds is 4. The van der Waals surface area contributed by atoms with Crippen molar-refractivity contribution in [3.8, 4) is 0 Å². The van der Waals surface area contributed by atoms with Gasteiger partial charge in [-0.2, -0.15) is 0 Å². The largest absolute Gasteiger partial charge is 0.321 e. The lowest BCUT2D eigenvalue weighted by Crippen LogP contribution is -2.41. The predicted octanol–water partition coefficient (Wildman–Crippen LogP) is 4.01. The van der Waals surface area contributed by atoms with Crippen LogP contribution in [0.25, 0.3) is 0 Å². The topological polar surface area (TPSA) is 66.5 Å². The van der Waals surface area contributed by atoms with Gasteiger partial charge in [0.2, 0.25) is 5.91 Å². The van der Waals surface area contributed by atoms with Gasteiger partial charge < -0.3 is 5.32 Å². The third-order valence-corrected chi connectivity index (χ3v) is 5.75. The number of carbonyl (C=O) groups is 3. The van der Waals surface area contributed by atoms with E-state index in [1.165, 1.54) is 11.0 Å². The molecule has 1 aliphatic carbocycles. The molecular weight excluding hydrogens is 378 g/mol. The first kappa shape index (κ1) is 19.2. The monoisotopic (exact) mass is 398 g/mol. The second kappa shape index (κ2) is 7.73. The summed E-state index contributed by atoms with van der Waals surface area (Å²) in [6.07, 6.45) is 2.86. The van der Waals surface area contributed by atoms with Crippen molar-refractivity contribution in [1.82, 2.24) is 4.90 Å². The Kier molecular flexibility index (Phi) is 5.13. The molecule has 150 valence electrons. The number of hydrogen-bond acceptors (Lipinski definition) is 3. The molecule has 1 aliphatic heterocycles. The number of hydrogen-bond donors (Lipinski definition) is 1. The fraction of sp³-hybridized carbons (Fsp3) is 0.318. The third kappa shape index (κ3) is 3.52. The van der Waals surface area contributed by atoms with Crippen LogP contribution >= 0.6 is 0 Å². The van der Waals surface area contributed by atoms with E-state index < -0.39 is 29.1 Å². The Morgan fingerprint density at radius 2 is 1.52 bits per heavy atom. The summed E-state index contributed by atoms with van der Waals surface area (Å²) in [6, 6.07) is 10.0. The van der Waals surface area contributed by atoms with Crippen LogP contribution in [-0.4, -0.2) is 29.2 Å². The van der Waals surface area contributed by atoms with Crippen molar-refractivity contribution in [2.45, 2.75) is 25.7 Å². The van der Waals surface area contributed by atoms with Crippen molar-refractivity contribution in [2.75, 3.05) is 11.9 Å². The number of imide groups is 1. The van der Waals surface area contributed by atoms with E-state index in [1.807, 2.05) is 0 Å². The molecule has 0 bridgehead atoms. The fourth-order valence-electron chi connectivity index (χ4n) is 4.24. The molecule has 29 heavy (non-hydrogen) atoms. The number of para-hydroxylation sites is 1. The number of anilines is 1. The molecule has 0 saturated heterocycles. The Bertz CT molecular complexity index is 937. The van der Waals surface area contributed by atoms with Gasteiger partial charge in [0.15, 0.2) is 0 Å². The highest BCUT2D eigenvalue weighted by Crippen LogP contribution is 2.34. The second-order valence-electron chi connectivity index (χ2n) is 7.50. The summed E-state index contributed by atoms with van der Waals surface area (Å²) in [7, 11) is 0. The highest BCUT2D eigenvalue weighted by molar-refractivity contribution is 6.21. The van der Waals surface area contributed by atoms with Crippen molar-refractivity contribution in [3.63, 3.8) is 0 Å². The molecular formula is C22H20F2N2O3. The zero-order chi connectivity index (χ0) is 20.5. The van der Waals surface area contributed by atoms with Crippen LogP contribution in [0, 0.1) is 23.5 Å². The van der Waals surface area contributed by atoms with Gasteiger partial charge in [-0.15, -0.1) is 0 Å². The second-order valence-corrected chi connectivity index (χ2v) is 7.50. The number of halogens is 2. The molecule has 0 aromatic heterocycles. The molecule has 1 heterocycles. The molecule has 0 radical (unpaired) electrons. The fourth-order valence-corrected chi connectivity index (χ4v) is 4.24. The summed E-state index contributed by atoms with van der Waals surface area (Å²) in [5.74, 6) is -3.70. The van der Waals surface area contributed by atoms with E-state index in [0.717, 1.165) is 25.0 Å². The van der Waals surface area contributed by atoms with Crippen molar-refractivity contribution in [3.05, 3.63) is 65.2 Å². The standard InChI is InChI=1S/C22H20F2N2O3/c23-17-10-5-11-18(24)19(17)25-20(27)14-7-2-1-6-13(14)12-26-21(28)15-8-3-4-9-16(15)22(26)29/h3-5,8-11,13-14H,1-2,6-7,12H2,(H,25,27). The number of carbonyl (C=O) groups excluding carboxylic acids is 3. The van der Waals surface area contributed by atoms with Crippen molar-refractivity contribution >= 4 is 23.4 Å². The number of benzene rings is 2. The molecule has 4 rings (SSSR count). The summed E-state index contributed by atoms with van der Waals surface area (Å²) in [6.45, 7) is 0.115. The Balaban J connectivity index is 1.52. The summed E-state index contributed by atoms with van der Waals surface area (Å²) >= 11 is 0. The van der Waals surface area contributed by atoms with Gasteiger partial charge in [0, 0.05) is 12.5 Å². The summed E-state index contributed by atoms with van der Waals surface area (Å²) in [5, 5.41) is 2.37. The molecule has 5 nitrogen and oxygen atoms in total. The number of nitrogens with one attached hydrogen (secondary N) is 1. The molecule has 2 aliphatic rings. The SMILES string of the molecule is O=C(Nc1c(F)cccc1F)C1CCCCC1CN1C(=O)c2ccccc2C1=O. The summed E-state index contributed by atoms with van der Waals surface area (Å²) in [5.41, 5.74) is 0.257. The minimum absolute atomic E-state index is 0.115. The first-order valence-corrected chi connectivity index (χ1v) is 9.67. The Labute approximate surface area is 166 Å². The Hall–Kier alpha value is -3.09. The highest BCUT2D eigenvalue weighted by Gasteiger charge is 2.40. The number of nitrogens with zero attached hydrogens (tertiary/aromatic N) is 1. The molecule has 1 fully saturated rings. The van der Waals surface area contributed by atoms with E-state index in [4.69, 9.17) is 0 Å². The van der Waals surface area contributed by atoms with E-state index in [9.17, 15) is 23.2 Å². The van der Waals surface area contributed by atoms with Gasteiger partial charge in [-0.3, -0.25) is 19.3 Å². The average molecular weight is 398 g/mol. The van der Waals surface area contributed by atoms with Crippen molar-refractivity contribution in [1.29, 1.82) is 0 Å². The third-order valence-electron chi connectivity index (χ3n) is 5.75. The van der Waals surface area contributed by atoms with Crippen LogP contribution in [0.5, 0.6) is 0 Å². The Morgan fingerprint density at radius 3 is 2.14 bits per heavy atom. The van der Waals surface area contributed by atoms with Gasteiger partial charge in [-0.1, -0.05) is 31.0 Å². The molecule has 0 spiro atoms. The quantitative estimate of drug-likeness (QED) is 0.792. The zero-order valence-corrected chi connectivity index (χ0v) is 15.7. The van der Waals surface area contributed by atoms with E-state index in [0.29, 0.717) is 24.0 Å². The smallest absolute Gasteiger partial charge is 0.261 e. The lowest BCUT2D eigenvalue weighted by Gasteiger charge is -2.32. The maximum atomic E-state index is 13.9. The molecule has 7 heteroatoms. The lowest BCUT2D eigenvalue weighted by atomic mass is 9.78. The Morgan fingerprint density at radius 1 is 0.931 bits per heavy atom. The summed E-state index contributed by atoms with van der Waals surface area (Å²) in [4.78, 5) is 39.3. The normalized spacial score (nSPS) is 21.2. The lowest BCUT2D eigenvalue weighted by molar-refractivity contribution is -0.122. The zero-order valence-electron chi connectivity index (χ0n) is 15.7. The molecule has 2 unspecified atom stereocenters. The van der Waals surface area contributed by atoms with E-state index in [2.05, 4.69) is 5.32 Å². The molecule has 2 atom stereocenters. The van der Waals surface area contributed by atoms with Gasteiger partial charge in [0.05, 0.1) is 11.1 Å². The van der Waals surface area contributed by atoms with Gasteiger partial charge in [-0.05, 0) is 43.0 Å².